The second-order valence-corrected chi connectivity index (χ2v) is 1.66. The molecule has 0 fully saturated rings. The van der Waals surface area contributed by atoms with Gasteiger partial charge in [0, 0.05) is 0 Å². The van der Waals surface area contributed by atoms with Crippen molar-refractivity contribution in [2.24, 2.45) is 0 Å². The molecular weight excluding hydrogens is 120 g/mol. The molecule has 41 valence electrons. The molecule has 2 nitrogen and oxygen atoms in total. The van der Waals surface area contributed by atoms with Gasteiger partial charge in [-0.1, -0.05) is 0 Å². The highest BCUT2D eigenvalue weighted by atomic mass is 28.2. The Bertz CT molecular complexity index is 136. The molecule has 3 heteroatoms. The van der Waals surface area contributed by atoms with E-state index in [0.29, 0.717) is 6.61 Å². The first-order chi connectivity index (χ1) is 3.93. The smallest absolute Gasteiger partial charge is 0.246 e. The van der Waals surface area contributed by atoms with Crippen LogP contribution in [0.25, 0.3) is 0 Å². The maximum absolute atomic E-state index is 4.92. The van der Waals surface area contributed by atoms with Gasteiger partial charge in [0.2, 0.25) is 10.5 Å². The zero-order valence-corrected chi connectivity index (χ0v) is 5.26. The van der Waals surface area contributed by atoms with Crippen molar-refractivity contribution in [3.8, 4) is 0 Å². The molecule has 1 aromatic rings. The van der Waals surface area contributed by atoms with Crippen molar-refractivity contribution in [3.63, 3.8) is 0 Å². The van der Waals surface area contributed by atoms with Gasteiger partial charge in [-0.15, -0.1) is 0 Å². The van der Waals surface area contributed by atoms with Crippen LogP contribution in [0.15, 0.2) is 22.8 Å². The molecule has 3 radical (unpaired) electrons. The Morgan fingerprint density at radius 3 is 3.12 bits per heavy atom. The van der Waals surface area contributed by atoms with E-state index in [0.717, 1.165) is 5.76 Å². The van der Waals surface area contributed by atoms with Gasteiger partial charge in [-0.3, -0.25) is 0 Å². The van der Waals surface area contributed by atoms with Crippen molar-refractivity contribution in [1.82, 2.24) is 0 Å². The molecule has 0 aliphatic carbocycles. The summed E-state index contributed by atoms with van der Waals surface area (Å²) >= 11 is 0. The van der Waals surface area contributed by atoms with Gasteiger partial charge in [0.1, 0.15) is 5.76 Å². The van der Waals surface area contributed by atoms with E-state index in [1.54, 1.807) is 6.26 Å². The SMILES string of the molecule is [Si]OCc1ccco1. The molecule has 0 aromatic carbocycles. The predicted octanol–water partition coefficient (Wildman–Crippen LogP) is 0.880. The largest absolute Gasteiger partial charge is 0.467 e. The first-order valence-electron chi connectivity index (χ1n) is 2.24. The summed E-state index contributed by atoms with van der Waals surface area (Å²) in [5, 5.41) is 0. The van der Waals surface area contributed by atoms with Gasteiger partial charge >= 0.3 is 0 Å². The lowest BCUT2D eigenvalue weighted by Crippen LogP contribution is -1.82. The first kappa shape index (κ1) is 5.59. The fourth-order valence-corrected chi connectivity index (χ4v) is 0.608. The molecule has 0 aliphatic heterocycles. The fraction of sp³-hybridized carbons (Fsp3) is 0.200. The Labute approximate surface area is 51.0 Å². The van der Waals surface area contributed by atoms with E-state index in [4.69, 9.17) is 4.42 Å². The molecule has 0 saturated heterocycles. The van der Waals surface area contributed by atoms with Gasteiger partial charge in [0.25, 0.3) is 0 Å². The fourth-order valence-electron chi connectivity index (χ4n) is 0.466. The molecule has 0 aliphatic rings. The third kappa shape index (κ3) is 1.21. The van der Waals surface area contributed by atoms with Crippen LogP contribution in [0.4, 0.5) is 0 Å². The third-order valence-corrected chi connectivity index (χ3v) is 0.939. The van der Waals surface area contributed by atoms with Gasteiger partial charge < -0.3 is 8.84 Å². The Balaban J connectivity index is 2.50. The predicted molar refractivity (Wildman–Crippen MR) is 29.3 cm³/mol. The van der Waals surface area contributed by atoms with Crippen LogP contribution >= 0.6 is 0 Å². The number of hydrogen-bond donors (Lipinski definition) is 0. The molecule has 1 heterocycles. The monoisotopic (exact) mass is 125 g/mol. The molecule has 0 atom stereocenters. The van der Waals surface area contributed by atoms with E-state index in [-0.39, 0.29) is 0 Å². The summed E-state index contributed by atoms with van der Waals surface area (Å²) in [7, 11) is 2.85. The normalized spacial score (nSPS) is 9.62. The van der Waals surface area contributed by atoms with Crippen molar-refractivity contribution in [3.05, 3.63) is 24.2 Å². The second kappa shape index (κ2) is 2.69. The standard InChI is InChI=1S/C5H5O2Si/c8-7-4-5-2-1-3-6-5/h1-3H,4H2. The van der Waals surface area contributed by atoms with Crippen LogP contribution in [0.5, 0.6) is 0 Å². The maximum atomic E-state index is 4.92. The molecule has 0 amide bonds. The van der Waals surface area contributed by atoms with Gasteiger partial charge in [0.15, 0.2) is 0 Å². The van der Waals surface area contributed by atoms with E-state index in [2.05, 4.69) is 14.9 Å². The number of furan rings is 1. The van der Waals surface area contributed by atoms with E-state index in [1.165, 1.54) is 0 Å². The zero-order valence-electron chi connectivity index (χ0n) is 4.26. The molecule has 8 heavy (non-hydrogen) atoms. The van der Waals surface area contributed by atoms with Gasteiger partial charge in [-0.25, -0.2) is 0 Å². The summed E-state index contributed by atoms with van der Waals surface area (Å²) in [6.07, 6.45) is 1.61. The molecule has 0 saturated carbocycles. The summed E-state index contributed by atoms with van der Waals surface area (Å²) < 4.78 is 9.52. The molecule has 1 rings (SSSR count). The minimum absolute atomic E-state index is 0.476. The number of rotatable bonds is 2. The minimum Gasteiger partial charge on any atom is -0.467 e. The second-order valence-electron chi connectivity index (χ2n) is 1.37. The van der Waals surface area contributed by atoms with Crippen LogP contribution in [0.2, 0.25) is 0 Å². The van der Waals surface area contributed by atoms with Gasteiger partial charge in [0.05, 0.1) is 12.9 Å². The van der Waals surface area contributed by atoms with E-state index in [9.17, 15) is 0 Å². The van der Waals surface area contributed by atoms with Crippen LogP contribution in [0, 0.1) is 0 Å². The van der Waals surface area contributed by atoms with Crippen LogP contribution < -0.4 is 0 Å². The van der Waals surface area contributed by atoms with Crippen molar-refractivity contribution in [1.29, 1.82) is 0 Å². The summed E-state index contributed by atoms with van der Waals surface area (Å²) in [6.45, 7) is 0.476. The lowest BCUT2D eigenvalue weighted by atomic mass is 10.5. The summed E-state index contributed by atoms with van der Waals surface area (Å²) in [4.78, 5) is 0. The Kier molecular flexibility index (Phi) is 1.88. The summed E-state index contributed by atoms with van der Waals surface area (Å²) in [5.74, 6) is 0.819. The lowest BCUT2D eigenvalue weighted by Gasteiger charge is -1.88. The summed E-state index contributed by atoms with van der Waals surface area (Å²) in [5.41, 5.74) is 0. The lowest BCUT2D eigenvalue weighted by molar-refractivity contribution is 0.294. The van der Waals surface area contributed by atoms with Crippen LogP contribution in [0.3, 0.4) is 0 Å². The highest BCUT2D eigenvalue weighted by molar-refractivity contribution is 5.97. The van der Waals surface area contributed by atoms with Crippen molar-refractivity contribution >= 4 is 10.5 Å². The van der Waals surface area contributed by atoms with Gasteiger partial charge in [-0.05, 0) is 12.1 Å². The van der Waals surface area contributed by atoms with Gasteiger partial charge in [-0.2, -0.15) is 0 Å². The van der Waals surface area contributed by atoms with E-state index < -0.39 is 0 Å². The van der Waals surface area contributed by atoms with Crippen molar-refractivity contribution in [2.45, 2.75) is 6.61 Å². The molecular formula is C5H5O2Si. The molecule has 0 spiro atoms. The zero-order chi connectivity index (χ0) is 5.82. The maximum Gasteiger partial charge on any atom is 0.246 e. The highest BCUT2D eigenvalue weighted by Gasteiger charge is 1.89. The Hall–Kier alpha value is -0.543. The van der Waals surface area contributed by atoms with Crippen LogP contribution in [-0.2, 0) is 11.0 Å². The minimum atomic E-state index is 0.476. The highest BCUT2D eigenvalue weighted by Crippen LogP contribution is 1.99. The molecule has 0 N–H and O–H groups in total. The van der Waals surface area contributed by atoms with E-state index in [1.807, 2.05) is 12.1 Å². The first-order valence-corrected chi connectivity index (χ1v) is 2.65. The topological polar surface area (TPSA) is 22.4 Å². The molecule has 1 aromatic heterocycles. The quantitative estimate of drug-likeness (QED) is 0.547. The summed E-state index contributed by atoms with van der Waals surface area (Å²) in [6, 6.07) is 3.67. The Morgan fingerprint density at radius 1 is 1.75 bits per heavy atom. The number of hydrogen-bond acceptors (Lipinski definition) is 2. The molecule has 0 bridgehead atoms. The average Bonchev–Trinajstić information content (AvgIpc) is 2.19. The third-order valence-electron chi connectivity index (χ3n) is 0.795. The van der Waals surface area contributed by atoms with Crippen molar-refractivity contribution in [2.75, 3.05) is 0 Å². The van der Waals surface area contributed by atoms with Crippen LogP contribution in [0.1, 0.15) is 5.76 Å². The average molecular weight is 125 g/mol. The van der Waals surface area contributed by atoms with Crippen molar-refractivity contribution < 1.29 is 8.84 Å². The molecule has 0 unspecified atom stereocenters. The Morgan fingerprint density at radius 2 is 2.62 bits per heavy atom. The van der Waals surface area contributed by atoms with Crippen LogP contribution in [-0.4, -0.2) is 10.5 Å². The van der Waals surface area contributed by atoms with E-state index >= 15 is 0 Å².